The van der Waals surface area contributed by atoms with Crippen molar-refractivity contribution in [1.82, 2.24) is 9.88 Å². The fourth-order valence-corrected chi connectivity index (χ4v) is 2.22. The average molecular weight is 283 g/mol. The summed E-state index contributed by atoms with van der Waals surface area (Å²) in [6, 6.07) is 11.5. The van der Waals surface area contributed by atoms with Crippen LogP contribution in [0.5, 0.6) is 0 Å². The van der Waals surface area contributed by atoms with Crippen LogP contribution in [0.15, 0.2) is 48.8 Å². The van der Waals surface area contributed by atoms with Gasteiger partial charge < -0.3 is 10.2 Å². The number of pyridine rings is 1. The summed E-state index contributed by atoms with van der Waals surface area (Å²) in [5.74, 6) is 0.0471. The zero-order valence-electron chi connectivity index (χ0n) is 12.5. The molecule has 0 aliphatic heterocycles. The van der Waals surface area contributed by atoms with Crippen LogP contribution >= 0.6 is 0 Å². The molecule has 0 aliphatic carbocycles. The lowest BCUT2D eigenvalue weighted by atomic mass is 10.1. The highest BCUT2D eigenvalue weighted by atomic mass is 16.2. The molecule has 0 atom stereocenters. The molecule has 0 fully saturated rings. The quantitative estimate of drug-likeness (QED) is 0.885. The minimum absolute atomic E-state index is 0.0471. The molecular weight excluding hydrogens is 262 g/mol. The Kier molecular flexibility index (Phi) is 5.32. The summed E-state index contributed by atoms with van der Waals surface area (Å²) >= 11 is 0. The molecule has 4 nitrogen and oxygen atoms in total. The first-order chi connectivity index (χ1) is 10.3. The summed E-state index contributed by atoms with van der Waals surface area (Å²) in [6.45, 7) is 6.07. The van der Waals surface area contributed by atoms with Crippen molar-refractivity contribution < 1.29 is 4.79 Å². The number of anilines is 1. The van der Waals surface area contributed by atoms with Crippen LogP contribution in [0.2, 0.25) is 0 Å². The van der Waals surface area contributed by atoms with Gasteiger partial charge in [-0.1, -0.05) is 12.1 Å². The lowest BCUT2D eigenvalue weighted by Crippen LogP contribution is -2.30. The van der Waals surface area contributed by atoms with Crippen molar-refractivity contribution in [3.05, 3.63) is 59.9 Å². The number of para-hydroxylation sites is 1. The van der Waals surface area contributed by atoms with Gasteiger partial charge in [0.15, 0.2) is 0 Å². The first kappa shape index (κ1) is 15.0. The van der Waals surface area contributed by atoms with Gasteiger partial charge in [0.05, 0.1) is 5.56 Å². The van der Waals surface area contributed by atoms with E-state index in [0.29, 0.717) is 13.1 Å². The maximum atomic E-state index is 12.7. The second-order valence-electron chi connectivity index (χ2n) is 4.75. The second-order valence-corrected chi connectivity index (χ2v) is 4.75. The van der Waals surface area contributed by atoms with Crippen LogP contribution in [-0.4, -0.2) is 28.9 Å². The van der Waals surface area contributed by atoms with Crippen molar-refractivity contribution in [1.29, 1.82) is 0 Å². The summed E-state index contributed by atoms with van der Waals surface area (Å²) in [6.07, 6.45) is 3.50. The molecule has 110 valence electrons. The van der Waals surface area contributed by atoms with Gasteiger partial charge in [-0.05, 0) is 43.7 Å². The van der Waals surface area contributed by atoms with E-state index in [1.165, 1.54) is 0 Å². The van der Waals surface area contributed by atoms with E-state index < -0.39 is 0 Å². The summed E-state index contributed by atoms with van der Waals surface area (Å²) in [4.78, 5) is 18.6. The average Bonchev–Trinajstić information content (AvgIpc) is 2.54. The van der Waals surface area contributed by atoms with Gasteiger partial charge in [-0.2, -0.15) is 0 Å². The molecule has 1 aromatic heterocycles. The second kappa shape index (κ2) is 7.43. The molecule has 2 aromatic rings. The van der Waals surface area contributed by atoms with Crippen LogP contribution in [0.3, 0.4) is 0 Å². The van der Waals surface area contributed by atoms with E-state index in [1.807, 2.05) is 55.1 Å². The van der Waals surface area contributed by atoms with Gasteiger partial charge >= 0.3 is 0 Å². The van der Waals surface area contributed by atoms with Crippen molar-refractivity contribution in [3.63, 3.8) is 0 Å². The zero-order chi connectivity index (χ0) is 15.1. The van der Waals surface area contributed by atoms with Crippen molar-refractivity contribution in [2.45, 2.75) is 20.4 Å². The van der Waals surface area contributed by atoms with E-state index in [9.17, 15) is 4.79 Å². The summed E-state index contributed by atoms with van der Waals surface area (Å²) in [5.41, 5.74) is 2.69. The number of nitrogens with zero attached hydrogens (tertiary/aromatic N) is 2. The topological polar surface area (TPSA) is 45.2 Å². The molecule has 1 aromatic carbocycles. The molecule has 0 spiro atoms. The number of rotatable bonds is 6. The Balaban J connectivity index is 2.20. The number of carbonyl (C=O) groups excluding carboxylic acids is 1. The van der Waals surface area contributed by atoms with E-state index >= 15 is 0 Å². The minimum Gasteiger partial charge on any atom is -0.385 e. The van der Waals surface area contributed by atoms with E-state index in [-0.39, 0.29) is 5.91 Å². The third-order valence-electron chi connectivity index (χ3n) is 3.32. The van der Waals surface area contributed by atoms with Crippen molar-refractivity contribution in [3.8, 4) is 0 Å². The van der Waals surface area contributed by atoms with Crippen LogP contribution in [0.25, 0.3) is 0 Å². The third-order valence-corrected chi connectivity index (χ3v) is 3.32. The summed E-state index contributed by atoms with van der Waals surface area (Å²) < 4.78 is 0. The number of carbonyl (C=O) groups is 1. The first-order valence-electron chi connectivity index (χ1n) is 7.27. The molecule has 0 saturated carbocycles. The van der Waals surface area contributed by atoms with E-state index in [1.54, 1.807) is 12.4 Å². The van der Waals surface area contributed by atoms with Gasteiger partial charge in [-0.3, -0.25) is 9.78 Å². The molecule has 0 aliphatic rings. The Hall–Kier alpha value is -2.36. The largest absolute Gasteiger partial charge is 0.385 e. The SMILES string of the molecule is CCNc1ccccc1C(=O)N(CC)Cc1ccncc1. The lowest BCUT2D eigenvalue weighted by molar-refractivity contribution is 0.0753. The van der Waals surface area contributed by atoms with Gasteiger partial charge in [-0.15, -0.1) is 0 Å². The number of aromatic nitrogens is 1. The Bertz CT molecular complexity index is 584. The zero-order valence-corrected chi connectivity index (χ0v) is 12.5. The molecule has 2 rings (SSSR count). The van der Waals surface area contributed by atoms with Crippen LogP contribution in [0, 0.1) is 0 Å². The van der Waals surface area contributed by atoms with Crippen LogP contribution < -0.4 is 5.32 Å². The molecular formula is C17H21N3O. The van der Waals surface area contributed by atoms with E-state index in [2.05, 4.69) is 10.3 Å². The Labute approximate surface area is 125 Å². The fraction of sp³-hybridized carbons (Fsp3) is 0.294. The molecule has 1 N–H and O–H groups in total. The number of benzene rings is 1. The number of hydrogen-bond acceptors (Lipinski definition) is 3. The molecule has 21 heavy (non-hydrogen) atoms. The standard InChI is InChI=1S/C17H21N3O/c1-3-19-16-8-6-5-7-15(16)17(21)20(4-2)13-14-9-11-18-12-10-14/h5-12,19H,3-4,13H2,1-2H3. The molecule has 1 amide bonds. The maximum Gasteiger partial charge on any atom is 0.256 e. The van der Waals surface area contributed by atoms with Crippen molar-refractivity contribution in [2.24, 2.45) is 0 Å². The predicted molar refractivity (Wildman–Crippen MR) is 85.3 cm³/mol. The highest BCUT2D eigenvalue weighted by Gasteiger charge is 2.17. The van der Waals surface area contributed by atoms with Gasteiger partial charge in [0, 0.05) is 37.7 Å². The van der Waals surface area contributed by atoms with Crippen LogP contribution in [0.1, 0.15) is 29.8 Å². The monoisotopic (exact) mass is 283 g/mol. The number of hydrogen-bond donors (Lipinski definition) is 1. The highest BCUT2D eigenvalue weighted by molar-refractivity contribution is 5.99. The van der Waals surface area contributed by atoms with E-state index in [4.69, 9.17) is 0 Å². The Morgan fingerprint density at radius 1 is 1.14 bits per heavy atom. The number of amides is 1. The van der Waals surface area contributed by atoms with Gasteiger partial charge in [0.1, 0.15) is 0 Å². The molecule has 4 heteroatoms. The molecule has 0 radical (unpaired) electrons. The van der Waals surface area contributed by atoms with Crippen molar-refractivity contribution >= 4 is 11.6 Å². The summed E-state index contributed by atoms with van der Waals surface area (Å²) in [7, 11) is 0. The first-order valence-corrected chi connectivity index (χ1v) is 7.27. The highest BCUT2D eigenvalue weighted by Crippen LogP contribution is 2.18. The third kappa shape index (κ3) is 3.81. The molecule has 0 bridgehead atoms. The van der Waals surface area contributed by atoms with E-state index in [0.717, 1.165) is 23.4 Å². The smallest absolute Gasteiger partial charge is 0.256 e. The Morgan fingerprint density at radius 3 is 2.52 bits per heavy atom. The number of nitrogens with one attached hydrogen (secondary N) is 1. The van der Waals surface area contributed by atoms with Crippen LogP contribution in [-0.2, 0) is 6.54 Å². The molecule has 0 unspecified atom stereocenters. The fourth-order valence-electron chi connectivity index (χ4n) is 2.22. The molecule has 1 heterocycles. The molecule has 0 saturated heterocycles. The van der Waals surface area contributed by atoms with Gasteiger partial charge in [0.25, 0.3) is 5.91 Å². The van der Waals surface area contributed by atoms with Crippen molar-refractivity contribution in [2.75, 3.05) is 18.4 Å². The lowest BCUT2D eigenvalue weighted by Gasteiger charge is -2.22. The summed E-state index contributed by atoms with van der Waals surface area (Å²) in [5, 5.41) is 3.24. The van der Waals surface area contributed by atoms with Crippen LogP contribution in [0.4, 0.5) is 5.69 Å². The van der Waals surface area contributed by atoms with Gasteiger partial charge in [0.2, 0.25) is 0 Å². The maximum absolute atomic E-state index is 12.7. The Morgan fingerprint density at radius 2 is 1.86 bits per heavy atom. The predicted octanol–water partition coefficient (Wildman–Crippen LogP) is 3.18. The minimum atomic E-state index is 0.0471. The van der Waals surface area contributed by atoms with Gasteiger partial charge in [-0.25, -0.2) is 0 Å². The normalized spacial score (nSPS) is 10.2.